The predicted molar refractivity (Wildman–Crippen MR) is 246 cm³/mol. The molecule has 0 fully saturated rings. The van der Waals surface area contributed by atoms with Gasteiger partial charge in [0.1, 0.15) is 29.9 Å². The van der Waals surface area contributed by atoms with E-state index >= 15 is 0 Å². The molecule has 22 heteroatoms. The summed E-state index contributed by atoms with van der Waals surface area (Å²) in [5, 5.41) is 27.0. The van der Waals surface area contributed by atoms with Crippen LogP contribution in [0.4, 0.5) is 0 Å². The van der Waals surface area contributed by atoms with E-state index in [-0.39, 0.29) is 38.0 Å². The third kappa shape index (κ3) is 17.8. The van der Waals surface area contributed by atoms with Gasteiger partial charge < -0.3 is 51.9 Å². The first kappa shape index (κ1) is 52.1. The fourth-order valence-electron chi connectivity index (χ4n) is 6.91. The summed E-state index contributed by atoms with van der Waals surface area (Å²) in [4.78, 5) is 93.9. The molecular weight excluding hydrogens is 897 g/mol. The molecule has 4 aromatic rings. The number of aromatic nitrogens is 1. The Bertz CT molecular complexity index is 2400. The highest BCUT2D eigenvalue weighted by molar-refractivity contribution is 7.98. The molecule has 11 N–H and O–H groups in total. The van der Waals surface area contributed by atoms with Gasteiger partial charge >= 0.3 is 16.4 Å². The number of unbranched alkanes of at least 4 members (excludes halogenated alkanes) is 1. The highest BCUT2D eigenvalue weighted by Crippen LogP contribution is 2.20. The topological polar surface area (TPSA) is 317 Å². The lowest BCUT2D eigenvalue weighted by molar-refractivity contribution is -0.141. The number of nitrogens with one attached hydrogen (secondary N) is 7. The summed E-state index contributed by atoms with van der Waals surface area (Å²) in [6, 6.07) is 16.0. The lowest BCUT2D eigenvalue weighted by Gasteiger charge is -2.26. The SMILES string of the molecule is CSCC[C@H](NC(=O)[C@H](Cc1c[nH]c2ccccc12)NCCCCNC(=O)[C@H](Cc1ccc(OS(=O)(=O)O)cc1)NC(C)=O)C(=O)N[C@@H](CC(=O)O)C(=O)N[C@@H](Cc1ccccc1)C(N)=O. The van der Waals surface area contributed by atoms with Gasteiger partial charge in [-0.05, 0) is 79.1 Å². The molecule has 0 saturated carbocycles. The molecule has 1 aromatic heterocycles. The number of aromatic amines is 1. The summed E-state index contributed by atoms with van der Waals surface area (Å²) in [7, 11) is -4.72. The number of hydrogen-bond donors (Lipinski definition) is 10. The molecule has 0 saturated heterocycles. The normalized spacial score (nSPS) is 13.6. The molecule has 1 heterocycles. The van der Waals surface area contributed by atoms with Gasteiger partial charge in [-0.15, -0.1) is 0 Å². The van der Waals surface area contributed by atoms with Gasteiger partial charge in [0.05, 0.1) is 12.5 Å². The van der Waals surface area contributed by atoms with E-state index in [0.717, 1.165) is 16.5 Å². The van der Waals surface area contributed by atoms with E-state index in [1.165, 1.54) is 43.0 Å². The highest BCUT2D eigenvalue weighted by Gasteiger charge is 2.32. The van der Waals surface area contributed by atoms with Crippen LogP contribution >= 0.6 is 11.8 Å². The molecular formula is C44H56N8O12S2. The van der Waals surface area contributed by atoms with Gasteiger partial charge in [-0.1, -0.05) is 60.7 Å². The van der Waals surface area contributed by atoms with Crippen molar-refractivity contribution in [3.05, 3.63) is 102 Å². The quantitative estimate of drug-likeness (QED) is 0.0280. The van der Waals surface area contributed by atoms with Crippen molar-refractivity contribution >= 4 is 74.5 Å². The monoisotopic (exact) mass is 952 g/mol. The Kier molecular flexibility index (Phi) is 20.4. The molecule has 6 amide bonds. The maximum absolute atomic E-state index is 14.1. The maximum Gasteiger partial charge on any atom is 0.446 e. The van der Waals surface area contributed by atoms with Crippen LogP contribution in [0, 0.1) is 0 Å². The minimum Gasteiger partial charge on any atom is -0.481 e. The Morgan fingerprint density at radius 3 is 1.95 bits per heavy atom. The first-order valence-corrected chi connectivity index (χ1v) is 23.7. The molecule has 4 rings (SSSR count). The number of para-hydroxylation sites is 1. The second-order valence-electron chi connectivity index (χ2n) is 15.3. The van der Waals surface area contributed by atoms with Gasteiger partial charge in [-0.3, -0.25) is 38.1 Å². The zero-order valence-electron chi connectivity index (χ0n) is 36.4. The number of nitrogens with two attached hydrogens (primary N) is 1. The molecule has 20 nitrogen and oxygen atoms in total. The van der Waals surface area contributed by atoms with Gasteiger partial charge in [-0.2, -0.15) is 20.2 Å². The van der Waals surface area contributed by atoms with Crippen LogP contribution in [0.1, 0.15) is 49.3 Å². The van der Waals surface area contributed by atoms with Crippen molar-refractivity contribution in [1.29, 1.82) is 0 Å². The Morgan fingerprint density at radius 2 is 1.30 bits per heavy atom. The van der Waals surface area contributed by atoms with E-state index in [2.05, 4.69) is 41.1 Å². The summed E-state index contributed by atoms with van der Waals surface area (Å²) in [6.45, 7) is 1.78. The number of primary amides is 1. The first-order valence-electron chi connectivity index (χ1n) is 21.0. The smallest absolute Gasteiger partial charge is 0.446 e. The first-order chi connectivity index (χ1) is 31.4. The summed E-state index contributed by atoms with van der Waals surface area (Å²) >= 11 is 1.41. The van der Waals surface area contributed by atoms with Crippen molar-refractivity contribution in [1.82, 2.24) is 36.9 Å². The molecule has 0 spiro atoms. The number of carbonyl (C=O) groups is 7. The van der Waals surface area contributed by atoms with Crippen LogP contribution in [0.25, 0.3) is 10.9 Å². The van der Waals surface area contributed by atoms with Crippen molar-refractivity contribution in [2.75, 3.05) is 25.1 Å². The molecule has 0 aliphatic carbocycles. The Morgan fingerprint density at radius 1 is 0.712 bits per heavy atom. The minimum atomic E-state index is -4.72. The Balaban J connectivity index is 1.41. The second-order valence-corrected chi connectivity index (χ2v) is 17.3. The number of fused-ring (bicyclic) bond motifs is 1. The average molecular weight is 953 g/mol. The molecule has 0 unspecified atom stereocenters. The van der Waals surface area contributed by atoms with E-state index in [4.69, 9.17) is 10.3 Å². The number of carboxylic acid groups (broad SMARTS) is 1. The van der Waals surface area contributed by atoms with E-state index in [1.54, 1.807) is 36.5 Å². The van der Waals surface area contributed by atoms with Crippen LogP contribution in [0.2, 0.25) is 0 Å². The van der Waals surface area contributed by atoms with Crippen molar-refractivity contribution < 1.29 is 55.8 Å². The van der Waals surface area contributed by atoms with Gasteiger partial charge in [0.15, 0.2) is 0 Å². The van der Waals surface area contributed by atoms with Gasteiger partial charge in [0, 0.05) is 43.4 Å². The molecule has 0 bridgehead atoms. The number of benzene rings is 3. The van der Waals surface area contributed by atoms with Crippen LogP contribution in [0.15, 0.2) is 85.1 Å². The number of amides is 6. The lowest BCUT2D eigenvalue weighted by Crippen LogP contribution is -2.58. The third-order valence-corrected chi connectivity index (χ3v) is 11.2. The van der Waals surface area contributed by atoms with E-state index < -0.39 is 88.4 Å². The van der Waals surface area contributed by atoms with E-state index in [0.29, 0.717) is 36.3 Å². The number of rotatable bonds is 28. The highest BCUT2D eigenvalue weighted by atomic mass is 32.3. The maximum atomic E-state index is 14.1. The molecule has 3 aromatic carbocycles. The van der Waals surface area contributed by atoms with E-state index in [1.807, 2.05) is 30.5 Å². The number of hydrogen-bond acceptors (Lipinski definition) is 12. The number of thioether (sulfide) groups is 1. The van der Waals surface area contributed by atoms with Crippen molar-refractivity contribution in [3.63, 3.8) is 0 Å². The summed E-state index contributed by atoms with van der Waals surface area (Å²) in [6.07, 6.45) is 4.15. The largest absolute Gasteiger partial charge is 0.481 e. The second kappa shape index (κ2) is 25.9. The van der Waals surface area contributed by atoms with Gasteiger partial charge in [0.2, 0.25) is 35.4 Å². The van der Waals surface area contributed by atoms with Crippen molar-refractivity contribution in [2.24, 2.45) is 5.73 Å². The molecule has 0 aliphatic heterocycles. The molecule has 0 radical (unpaired) electrons. The van der Waals surface area contributed by atoms with Crippen LogP contribution in [-0.4, -0.2) is 120 Å². The Hall–Kier alpha value is -6.49. The standard InChI is InChI=1S/C44H56N8O12S2/c1-27(53)49-37(23-29-14-16-31(17-15-29)64-66(61,62)63)41(57)47-20-9-8-19-46-36(24-30-26-48-33-13-7-6-12-32(30)33)43(59)50-34(18-21-65-2)42(58)52-38(25-39(54)55)44(60)51-35(40(45)56)22-28-10-4-3-5-11-28/h3-7,10-17,26,34-38,46,48H,8-9,18-25H2,1-2H3,(H2,45,56)(H,47,57)(H,49,53)(H,50,59)(H,51,60)(H,52,58)(H,54,55)(H,61,62,63)/t34-,35-,36-,37-,38-/m0/s1. The van der Waals surface area contributed by atoms with Crippen molar-refractivity contribution in [2.45, 2.75) is 82.1 Å². The predicted octanol–water partition coefficient (Wildman–Crippen LogP) is 0.904. The fraction of sp³-hybridized carbons (Fsp3) is 0.386. The third-order valence-electron chi connectivity index (χ3n) is 10.2. The average Bonchev–Trinajstić information content (AvgIpc) is 3.67. The minimum absolute atomic E-state index is 0.0279. The molecule has 5 atom stereocenters. The zero-order valence-corrected chi connectivity index (χ0v) is 38.0. The molecule has 66 heavy (non-hydrogen) atoms. The molecule has 356 valence electrons. The lowest BCUT2D eigenvalue weighted by atomic mass is 10.0. The number of H-pyrrole nitrogens is 1. The summed E-state index contributed by atoms with van der Waals surface area (Å²) < 4.78 is 35.3. The number of aliphatic carboxylic acids is 1. The molecule has 0 aliphatic rings. The number of carbonyl (C=O) groups excluding carboxylic acids is 6. The number of carboxylic acids is 1. The zero-order chi connectivity index (χ0) is 48.2. The van der Waals surface area contributed by atoms with Crippen LogP contribution < -0.4 is 41.8 Å². The van der Waals surface area contributed by atoms with Gasteiger partial charge in [-0.25, -0.2) is 0 Å². The van der Waals surface area contributed by atoms with Gasteiger partial charge in [0.25, 0.3) is 0 Å². The Labute approximate surface area is 386 Å². The summed E-state index contributed by atoms with van der Waals surface area (Å²) in [5.74, 6) is -5.18. The fourth-order valence-corrected chi connectivity index (χ4v) is 7.74. The summed E-state index contributed by atoms with van der Waals surface area (Å²) in [5.41, 5.74) is 8.50. The van der Waals surface area contributed by atoms with E-state index in [9.17, 15) is 47.1 Å². The van der Waals surface area contributed by atoms with Crippen LogP contribution in [-0.2, 0) is 63.2 Å². The van der Waals surface area contributed by atoms with Crippen LogP contribution in [0.3, 0.4) is 0 Å². The van der Waals surface area contributed by atoms with Crippen LogP contribution in [0.5, 0.6) is 5.75 Å². The van der Waals surface area contributed by atoms with Crippen molar-refractivity contribution in [3.8, 4) is 5.75 Å².